The van der Waals surface area contributed by atoms with Gasteiger partial charge < -0.3 is 13.6 Å². The van der Waals surface area contributed by atoms with Crippen LogP contribution in [0.2, 0.25) is 36.3 Å². The number of carbonyl (C=O) groups is 1. The molecule has 0 aliphatic carbocycles. The highest BCUT2D eigenvalue weighted by atomic mass is 28.4. The minimum atomic E-state index is -1.98. The van der Waals surface area contributed by atoms with Gasteiger partial charge in [0.1, 0.15) is 12.4 Å². The van der Waals surface area contributed by atoms with Crippen LogP contribution in [0, 0.1) is 0 Å². The van der Waals surface area contributed by atoms with Gasteiger partial charge in [-0.05, 0) is 42.7 Å². The smallest absolute Gasteiger partial charge is 0.193 e. The highest BCUT2D eigenvalue weighted by Crippen LogP contribution is 2.39. The van der Waals surface area contributed by atoms with Crippen molar-refractivity contribution in [2.75, 3.05) is 0 Å². The molecule has 0 N–H and O–H groups in total. The number of hydrogen-bond acceptors (Lipinski definition) is 3. The van der Waals surface area contributed by atoms with E-state index >= 15 is 0 Å². The predicted molar refractivity (Wildman–Crippen MR) is 110 cm³/mol. The van der Waals surface area contributed by atoms with Crippen molar-refractivity contribution in [3.63, 3.8) is 0 Å². The molecule has 0 aliphatic rings. The van der Waals surface area contributed by atoms with Gasteiger partial charge in [-0.2, -0.15) is 0 Å². The second kappa shape index (κ2) is 8.43. The minimum absolute atomic E-state index is 0.0108. The third-order valence-corrected chi connectivity index (χ3v) is 14.6. The van der Waals surface area contributed by atoms with E-state index in [2.05, 4.69) is 74.3 Å². The molecule has 0 saturated heterocycles. The number of aldehydes is 1. The molecule has 0 radical (unpaired) electrons. The molecule has 142 valence electrons. The first-order valence-corrected chi connectivity index (χ1v) is 14.8. The molecule has 0 aromatic rings. The van der Waals surface area contributed by atoms with E-state index in [1.165, 1.54) is 0 Å². The predicted octanol–water partition coefficient (Wildman–Crippen LogP) is 5.93. The molecule has 0 aromatic heterocycles. The fourth-order valence-electron chi connectivity index (χ4n) is 1.92. The zero-order valence-electron chi connectivity index (χ0n) is 17.7. The maximum atomic E-state index is 11.6. The van der Waals surface area contributed by atoms with E-state index in [1.807, 2.05) is 6.08 Å². The van der Waals surface area contributed by atoms with Gasteiger partial charge in [0.15, 0.2) is 16.6 Å². The van der Waals surface area contributed by atoms with Crippen LogP contribution < -0.4 is 0 Å². The van der Waals surface area contributed by atoms with Crippen molar-refractivity contribution in [1.29, 1.82) is 0 Å². The number of hydrogen-bond donors (Lipinski definition) is 0. The molecular weight excluding hydrogens is 332 g/mol. The van der Waals surface area contributed by atoms with E-state index in [9.17, 15) is 4.79 Å². The van der Waals surface area contributed by atoms with Crippen LogP contribution in [0.5, 0.6) is 0 Å². The van der Waals surface area contributed by atoms with E-state index in [4.69, 9.17) is 8.85 Å². The molecule has 0 aliphatic heterocycles. The summed E-state index contributed by atoms with van der Waals surface area (Å²) in [5.41, 5.74) is 0. The zero-order chi connectivity index (χ0) is 19.4. The van der Waals surface area contributed by atoms with Gasteiger partial charge in [-0.15, -0.1) is 6.58 Å². The second-order valence-electron chi connectivity index (χ2n) is 9.81. The normalized spacial score (nSPS) is 16.6. The molecule has 0 heterocycles. The standard InChI is InChI=1S/C19H40O3Si2/c1-12-13-16(21-23(8,9)18(2,3)4)14-17(15-20)22-24(10,11)19(5,6)7/h12,15-17H,1,13-14H2,2-11H3/t16-,17+/m1/s1. The maximum Gasteiger partial charge on any atom is 0.193 e. The van der Waals surface area contributed by atoms with Crippen LogP contribution in [0.25, 0.3) is 0 Å². The third kappa shape index (κ3) is 6.94. The average Bonchev–Trinajstić information content (AvgIpc) is 2.34. The summed E-state index contributed by atoms with van der Waals surface area (Å²) < 4.78 is 12.8. The van der Waals surface area contributed by atoms with Gasteiger partial charge in [0.25, 0.3) is 0 Å². The molecule has 0 fully saturated rings. The van der Waals surface area contributed by atoms with Gasteiger partial charge in [-0.25, -0.2) is 0 Å². The topological polar surface area (TPSA) is 35.5 Å². The Balaban J connectivity index is 5.15. The number of carbonyl (C=O) groups excluding carboxylic acids is 1. The van der Waals surface area contributed by atoms with Gasteiger partial charge >= 0.3 is 0 Å². The van der Waals surface area contributed by atoms with Crippen LogP contribution in [0.3, 0.4) is 0 Å². The molecule has 0 unspecified atom stereocenters. The molecule has 0 bridgehead atoms. The summed E-state index contributed by atoms with van der Waals surface area (Å²) >= 11 is 0. The maximum absolute atomic E-state index is 11.6. The molecule has 3 nitrogen and oxygen atoms in total. The quantitative estimate of drug-likeness (QED) is 0.286. The monoisotopic (exact) mass is 372 g/mol. The molecule has 0 rings (SSSR count). The van der Waals surface area contributed by atoms with Crippen molar-refractivity contribution in [2.24, 2.45) is 0 Å². The summed E-state index contributed by atoms with van der Waals surface area (Å²) in [6.07, 6.45) is 3.77. The van der Waals surface area contributed by atoms with Gasteiger partial charge in [0.2, 0.25) is 0 Å². The Kier molecular flexibility index (Phi) is 8.35. The summed E-state index contributed by atoms with van der Waals surface area (Å²) in [5.74, 6) is 0. The Labute approximate surface area is 152 Å². The van der Waals surface area contributed by atoms with Crippen LogP contribution in [0.4, 0.5) is 0 Å². The highest BCUT2D eigenvalue weighted by molar-refractivity contribution is 6.74. The highest BCUT2D eigenvalue weighted by Gasteiger charge is 2.41. The summed E-state index contributed by atoms with van der Waals surface area (Å²) in [6.45, 7) is 26.0. The van der Waals surface area contributed by atoms with E-state index in [0.29, 0.717) is 6.42 Å². The first kappa shape index (κ1) is 23.8. The summed E-state index contributed by atoms with van der Waals surface area (Å²) in [4.78, 5) is 11.6. The summed E-state index contributed by atoms with van der Waals surface area (Å²) in [5, 5.41) is 0.228. The molecule has 24 heavy (non-hydrogen) atoms. The first-order chi connectivity index (χ1) is 10.6. The molecule has 2 atom stereocenters. The SMILES string of the molecule is C=CC[C@H](C[C@@H](C=O)O[Si](C)(C)C(C)(C)C)O[Si](C)(C)C(C)(C)C. The van der Waals surface area contributed by atoms with E-state index in [-0.39, 0.29) is 16.2 Å². The molecule has 0 saturated carbocycles. The Morgan fingerprint density at radius 1 is 0.917 bits per heavy atom. The lowest BCUT2D eigenvalue weighted by Crippen LogP contribution is -2.47. The number of rotatable bonds is 9. The molecule has 5 heteroatoms. The Bertz CT molecular complexity index is 417. The minimum Gasteiger partial charge on any atom is -0.414 e. The van der Waals surface area contributed by atoms with Gasteiger partial charge in [-0.3, -0.25) is 0 Å². The van der Waals surface area contributed by atoms with Crippen LogP contribution >= 0.6 is 0 Å². The van der Waals surface area contributed by atoms with Crippen LogP contribution in [0.1, 0.15) is 54.4 Å². The molecule has 0 aromatic carbocycles. The van der Waals surface area contributed by atoms with Crippen molar-refractivity contribution in [3.8, 4) is 0 Å². The molecular formula is C19H40O3Si2. The van der Waals surface area contributed by atoms with Crippen LogP contribution in [-0.2, 0) is 13.6 Å². The largest absolute Gasteiger partial charge is 0.414 e. The fourth-order valence-corrected chi connectivity index (χ4v) is 4.56. The van der Waals surface area contributed by atoms with Crippen molar-refractivity contribution >= 4 is 22.9 Å². The van der Waals surface area contributed by atoms with Gasteiger partial charge in [0.05, 0.1) is 6.10 Å². The lowest BCUT2D eigenvalue weighted by molar-refractivity contribution is -0.115. The van der Waals surface area contributed by atoms with E-state index in [1.54, 1.807) is 0 Å². The summed E-state index contributed by atoms with van der Waals surface area (Å²) in [7, 11) is -3.86. The summed E-state index contributed by atoms with van der Waals surface area (Å²) in [6, 6.07) is 0. The lowest BCUT2D eigenvalue weighted by atomic mass is 10.1. The van der Waals surface area contributed by atoms with Crippen molar-refractivity contribution in [1.82, 2.24) is 0 Å². The average molecular weight is 373 g/mol. The first-order valence-electron chi connectivity index (χ1n) is 8.99. The molecule has 0 spiro atoms. The Hall–Kier alpha value is -0.236. The lowest BCUT2D eigenvalue weighted by Gasteiger charge is -2.41. The zero-order valence-corrected chi connectivity index (χ0v) is 19.7. The van der Waals surface area contributed by atoms with Crippen molar-refractivity contribution in [2.45, 2.75) is 103 Å². The Morgan fingerprint density at radius 2 is 1.33 bits per heavy atom. The van der Waals surface area contributed by atoms with E-state index in [0.717, 1.165) is 12.7 Å². The second-order valence-corrected chi connectivity index (χ2v) is 19.3. The van der Waals surface area contributed by atoms with Crippen molar-refractivity contribution in [3.05, 3.63) is 12.7 Å². The Morgan fingerprint density at radius 3 is 1.67 bits per heavy atom. The molecule has 0 amide bonds. The van der Waals surface area contributed by atoms with Crippen LogP contribution in [0.15, 0.2) is 12.7 Å². The van der Waals surface area contributed by atoms with Gasteiger partial charge in [-0.1, -0.05) is 47.6 Å². The van der Waals surface area contributed by atoms with Gasteiger partial charge in [0, 0.05) is 6.42 Å². The third-order valence-electron chi connectivity index (χ3n) is 5.60. The van der Waals surface area contributed by atoms with Crippen LogP contribution in [-0.4, -0.2) is 35.1 Å². The van der Waals surface area contributed by atoms with E-state index < -0.39 is 22.7 Å². The fraction of sp³-hybridized carbons (Fsp3) is 0.842. The van der Waals surface area contributed by atoms with Crippen molar-refractivity contribution < 1.29 is 13.6 Å².